The van der Waals surface area contributed by atoms with E-state index in [4.69, 9.17) is 5.11 Å². The van der Waals surface area contributed by atoms with Gasteiger partial charge >= 0.3 is 35.5 Å². The Balaban J connectivity index is 0.000000443. The first-order valence-corrected chi connectivity index (χ1v) is 8.07. The third kappa shape index (κ3) is 13.4. The minimum Gasteiger partial charge on any atom is -0.550 e. The molecule has 0 spiro atoms. The number of hydrogen-bond acceptors (Lipinski definition) is 3. The molecule has 0 aliphatic rings. The molecule has 2 rings (SSSR count). The first kappa shape index (κ1) is 23.4. The van der Waals surface area contributed by atoms with Crippen molar-refractivity contribution in [2.45, 2.75) is 38.5 Å². The Hall–Kier alpha value is -1.62. The number of hydrogen-bond donors (Lipinski definition) is 1. The van der Waals surface area contributed by atoms with Crippen LogP contribution in [0.4, 0.5) is 0 Å². The van der Waals surface area contributed by atoms with E-state index in [1.54, 1.807) is 0 Å². The fourth-order valence-electron chi connectivity index (χ4n) is 2.17. The van der Waals surface area contributed by atoms with Crippen molar-refractivity contribution < 1.29 is 49.4 Å². The molecule has 25 heavy (non-hydrogen) atoms. The summed E-state index contributed by atoms with van der Waals surface area (Å²) in [6, 6.07) is 19.8. The smallest absolute Gasteiger partial charge is 0.550 e. The van der Waals surface area contributed by atoms with Crippen LogP contribution in [0.3, 0.4) is 0 Å². The van der Waals surface area contributed by atoms with Gasteiger partial charge in [0, 0.05) is 12.4 Å². The number of aryl methyl sites for hydroxylation is 2. The van der Waals surface area contributed by atoms with Crippen molar-refractivity contribution in [2.75, 3.05) is 0 Å². The van der Waals surface area contributed by atoms with E-state index in [0.29, 0.717) is 6.42 Å². The Kier molecular flexibility index (Phi) is 13.7. The summed E-state index contributed by atoms with van der Waals surface area (Å²) >= 11 is 0. The summed E-state index contributed by atoms with van der Waals surface area (Å²) in [5.41, 5.74) is 2.39. The first-order chi connectivity index (χ1) is 11.6. The molecule has 0 aliphatic heterocycles. The maximum Gasteiger partial charge on any atom is 1.00 e. The summed E-state index contributed by atoms with van der Waals surface area (Å²) in [7, 11) is 0. The second-order valence-corrected chi connectivity index (χ2v) is 5.44. The molecule has 1 N–H and O–H groups in total. The molecule has 4 nitrogen and oxygen atoms in total. The number of carboxylic acid groups (broad SMARTS) is 2. The van der Waals surface area contributed by atoms with Gasteiger partial charge in [0.1, 0.15) is 0 Å². The van der Waals surface area contributed by atoms with E-state index in [-0.39, 0.29) is 42.4 Å². The number of carboxylic acids is 2. The van der Waals surface area contributed by atoms with Crippen LogP contribution >= 0.6 is 0 Å². The number of carbonyl (C=O) groups excluding carboxylic acids is 1. The van der Waals surface area contributed by atoms with E-state index in [1.807, 2.05) is 60.7 Å². The van der Waals surface area contributed by atoms with Gasteiger partial charge in [0.05, 0.1) is 0 Å². The van der Waals surface area contributed by atoms with Crippen molar-refractivity contribution in [3.63, 3.8) is 0 Å². The molecular formula is C20H23NaO4. The van der Waals surface area contributed by atoms with Crippen LogP contribution in [0.15, 0.2) is 60.7 Å². The third-order valence-electron chi connectivity index (χ3n) is 3.39. The zero-order chi connectivity index (χ0) is 17.6. The molecule has 2 aromatic rings. The van der Waals surface area contributed by atoms with Gasteiger partial charge in [-0.1, -0.05) is 60.7 Å². The quantitative estimate of drug-likeness (QED) is 0.672. The van der Waals surface area contributed by atoms with E-state index in [9.17, 15) is 14.7 Å². The normalized spacial score (nSPS) is 9.28. The van der Waals surface area contributed by atoms with Crippen molar-refractivity contribution >= 4 is 11.9 Å². The number of aliphatic carboxylic acids is 2. The first-order valence-electron chi connectivity index (χ1n) is 8.07. The number of rotatable bonds is 8. The molecule has 0 aliphatic carbocycles. The molecule has 0 atom stereocenters. The summed E-state index contributed by atoms with van der Waals surface area (Å²) in [4.78, 5) is 20.3. The van der Waals surface area contributed by atoms with Gasteiger partial charge in [-0.25, -0.2) is 0 Å². The Labute approximate surface area is 171 Å². The molecule has 0 saturated heterocycles. The van der Waals surface area contributed by atoms with Crippen LogP contribution in [0.2, 0.25) is 0 Å². The molecule has 0 heterocycles. The van der Waals surface area contributed by atoms with Crippen molar-refractivity contribution in [1.82, 2.24) is 0 Å². The Morgan fingerprint density at radius 1 is 0.760 bits per heavy atom. The zero-order valence-electron chi connectivity index (χ0n) is 14.7. The van der Waals surface area contributed by atoms with Crippen molar-refractivity contribution in [3.8, 4) is 0 Å². The molecule has 5 heteroatoms. The zero-order valence-corrected chi connectivity index (χ0v) is 16.7. The van der Waals surface area contributed by atoms with E-state index in [1.165, 1.54) is 11.1 Å². The van der Waals surface area contributed by atoms with Gasteiger partial charge in [0.2, 0.25) is 0 Å². The monoisotopic (exact) mass is 350 g/mol. The fraction of sp³-hybridized carbons (Fsp3) is 0.300. The molecular weight excluding hydrogens is 327 g/mol. The summed E-state index contributed by atoms with van der Waals surface area (Å²) in [6.07, 6.45) is 3.46. The average Bonchev–Trinajstić information content (AvgIpc) is 2.57. The topological polar surface area (TPSA) is 77.4 Å². The van der Waals surface area contributed by atoms with Crippen LogP contribution < -0.4 is 34.7 Å². The molecule has 0 fully saturated rings. The van der Waals surface area contributed by atoms with E-state index >= 15 is 0 Å². The SMILES string of the molecule is O=C(O)CCCc1ccccc1.O=C([O-])CCCc1ccccc1.[Na+]. The van der Waals surface area contributed by atoms with Crippen LogP contribution in [-0.4, -0.2) is 17.0 Å². The van der Waals surface area contributed by atoms with Gasteiger partial charge in [-0.2, -0.15) is 0 Å². The summed E-state index contributed by atoms with van der Waals surface area (Å²) in [5, 5.41) is 18.5. The van der Waals surface area contributed by atoms with Gasteiger partial charge < -0.3 is 15.0 Å². The second-order valence-electron chi connectivity index (χ2n) is 5.44. The number of benzene rings is 2. The van der Waals surface area contributed by atoms with Crippen LogP contribution in [0.1, 0.15) is 36.8 Å². The Bertz CT molecular complexity index is 544. The maximum absolute atomic E-state index is 10.2. The standard InChI is InChI=1S/2C10H12O2.Na/c2*11-10(12)8-4-7-9-5-2-1-3-6-9;/h2*1-3,5-6H,4,7-8H2,(H,11,12);/q;;+1/p-1. The van der Waals surface area contributed by atoms with Gasteiger partial charge in [-0.15, -0.1) is 0 Å². The molecule has 0 saturated carbocycles. The van der Waals surface area contributed by atoms with Gasteiger partial charge in [-0.05, 0) is 43.2 Å². The third-order valence-corrected chi connectivity index (χ3v) is 3.39. The molecule has 0 unspecified atom stereocenters. The molecule has 0 bridgehead atoms. The van der Waals surface area contributed by atoms with Crippen molar-refractivity contribution in [2.24, 2.45) is 0 Å². The van der Waals surface area contributed by atoms with Gasteiger partial charge in [0.15, 0.2) is 0 Å². The van der Waals surface area contributed by atoms with Crippen molar-refractivity contribution in [1.29, 1.82) is 0 Å². The number of carbonyl (C=O) groups is 2. The van der Waals surface area contributed by atoms with Crippen LogP contribution in [0.5, 0.6) is 0 Å². The minimum absolute atomic E-state index is 0. The molecule has 2 aromatic carbocycles. The Morgan fingerprint density at radius 3 is 1.52 bits per heavy atom. The fourth-order valence-corrected chi connectivity index (χ4v) is 2.17. The summed E-state index contributed by atoms with van der Waals surface area (Å²) in [5.74, 6) is -1.68. The largest absolute Gasteiger partial charge is 1.00 e. The van der Waals surface area contributed by atoms with Crippen LogP contribution in [0.25, 0.3) is 0 Å². The van der Waals surface area contributed by atoms with E-state index < -0.39 is 11.9 Å². The van der Waals surface area contributed by atoms with Gasteiger partial charge in [0.25, 0.3) is 0 Å². The summed E-state index contributed by atoms with van der Waals surface area (Å²) < 4.78 is 0. The van der Waals surface area contributed by atoms with E-state index in [0.717, 1.165) is 19.3 Å². The van der Waals surface area contributed by atoms with Gasteiger partial charge in [-0.3, -0.25) is 4.79 Å². The molecule has 0 aromatic heterocycles. The van der Waals surface area contributed by atoms with Crippen molar-refractivity contribution in [3.05, 3.63) is 71.8 Å². The minimum atomic E-state index is -0.967. The van der Waals surface area contributed by atoms with Crippen LogP contribution in [0, 0.1) is 0 Å². The predicted octanol–water partition coefficient (Wildman–Crippen LogP) is -0.143. The molecule has 0 radical (unpaired) electrons. The molecule has 0 amide bonds. The maximum atomic E-state index is 10.2. The summed E-state index contributed by atoms with van der Waals surface area (Å²) in [6.45, 7) is 0. The Morgan fingerprint density at radius 2 is 1.16 bits per heavy atom. The van der Waals surface area contributed by atoms with Crippen LogP contribution in [-0.2, 0) is 22.4 Å². The predicted molar refractivity (Wildman–Crippen MR) is 91.4 cm³/mol. The second kappa shape index (κ2) is 14.7. The van der Waals surface area contributed by atoms with E-state index in [2.05, 4.69) is 0 Å². The molecule has 128 valence electrons. The average molecular weight is 350 g/mol.